The van der Waals surface area contributed by atoms with Gasteiger partial charge in [0, 0.05) is 12.7 Å². The molecule has 1 amide bonds. The van der Waals surface area contributed by atoms with Gasteiger partial charge in [0.15, 0.2) is 5.82 Å². The molecule has 1 fully saturated rings. The van der Waals surface area contributed by atoms with Gasteiger partial charge in [-0.15, -0.1) is 0 Å². The minimum absolute atomic E-state index is 0.0871. The van der Waals surface area contributed by atoms with E-state index in [1.807, 2.05) is 0 Å². The third kappa shape index (κ3) is 2.37. The van der Waals surface area contributed by atoms with Crippen LogP contribution in [0.25, 0.3) is 0 Å². The fraction of sp³-hybridized carbons (Fsp3) is 0.500. The summed E-state index contributed by atoms with van der Waals surface area (Å²) < 4.78 is 18.6. The smallest absolute Gasteiger partial charge is 0.407 e. The van der Waals surface area contributed by atoms with Crippen molar-refractivity contribution in [2.75, 3.05) is 13.2 Å². The number of amides is 1. The topological polar surface area (TPSA) is 62.7 Å². The number of nitrogens with zero attached hydrogens (tertiary/aromatic N) is 2. The molecule has 1 N–H and O–H groups in total. The Kier molecular flexibility index (Phi) is 3.36. The van der Waals surface area contributed by atoms with Crippen molar-refractivity contribution in [1.29, 1.82) is 0 Å². The highest BCUT2D eigenvalue weighted by molar-refractivity contribution is 5.66. The van der Waals surface area contributed by atoms with Gasteiger partial charge in [0.2, 0.25) is 5.88 Å². The van der Waals surface area contributed by atoms with E-state index in [9.17, 15) is 9.18 Å². The van der Waals surface area contributed by atoms with Crippen LogP contribution >= 0.6 is 0 Å². The van der Waals surface area contributed by atoms with Crippen LogP contribution in [0.4, 0.5) is 9.18 Å². The lowest BCUT2D eigenvalue weighted by Crippen LogP contribution is -2.48. The molecular formula is C12H15FN2O3. The van der Waals surface area contributed by atoms with Gasteiger partial charge in [0.25, 0.3) is 0 Å². The van der Waals surface area contributed by atoms with Crippen LogP contribution in [0, 0.1) is 5.82 Å². The van der Waals surface area contributed by atoms with Gasteiger partial charge >= 0.3 is 6.09 Å². The number of likely N-dealkylation sites (tertiary alicyclic amines) is 1. The van der Waals surface area contributed by atoms with Crippen LogP contribution in [-0.4, -0.2) is 39.8 Å². The Morgan fingerprint density at radius 2 is 2.50 bits per heavy atom. The number of ether oxygens (including phenoxy) is 1. The van der Waals surface area contributed by atoms with Gasteiger partial charge in [-0.1, -0.05) is 0 Å². The highest BCUT2D eigenvalue weighted by Gasteiger charge is 2.40. The van der Waals surface area contributed by atoms with Crippen LogP contribution < -0.4 is 4.74 Å². The lowest BCUT2D eigenvalue weighted by atomic mass is 10.0. The van der Waals surface area contributed by atoms with E-state index in [2.05, 4.69) is 4.98 Å². The first-order valence-electron chi connectivity index (χ1n) is 5.77. The molecule has 1 saturated heterocycles. The normalized spacial score (nSPS) is 23.1. The molecule has 0 aromatic carbocycles. The Bertz CT molecular complexity index is 455. The molecule has 1 aliphatic heterocycles. The lowest BCUT2D eigenvalue weighted by Gasteiger charge is -2.32. The summed E-state index contributed by atoms with van der Waals surface area (Å²) in [6.07, 6.45) is 1.95. The first-order chi connectivity index (χ1) is 8.53. The minimum Gasteiger partial charge on any atom is -0.473 e. The van der Waals surface area contributed by atoms with E-state index >= 15 is 0 Å². The molecule has 2 rings (SSSR count). The van der Waals surface area contributed by atoms with Crippen LogP contribution in [0.2, 0.25) is 0 Å². The molecule has 0 saturated carbocycles. The van der Waals surface area contributed by atoms with Crippen molar-refractivity contribution in [2.24, 2.45) is 0 Å². The summed E-state index contributed by atoms with van der Waals surface area (Å²) in [5.74, 6) is -0.628. The molecule has 1 atom stereocenters. The van der Waals surface area contributed by atoms with Crippen molar-refractivity contribution in [3.05, 3.63) is 24.1 Å². The molecule has 5 nitrogen and oxygen atoms in total. The Balaban J connectivity index is 2.05. The number of pyridine rings is 1. The zero-order chi connectivity index (χ0) is 13.2. The molecule has 98 valence electrons. The maximum atomic E-state index is 13.3. The molecule has 1 aromatic heterocycles. The average Bonchev–Trinajstić information content (AvgIpc) is 2.71. The Morgan fingerprint density at radius 1 is 1.72 bits per heavy atom. The predicted octanol–water partition coefficient (Wildman–Crippen LogP) is 2.13. The van der Waals surface area contributed by atoms with Crippen molar-refractivity contribution < 1.29 is 19.0 Å². The van der Waals surface area contributed by atoms with Crippen molar-refractivity contribution in [2.45, 2.75) is 25.3 Å². The largest absolute Gasteiger partial charge is 0.473 e. The first-order valence-corrected chi connectivity index (χ1v) is 5.77. The molecule has 0 bridgehead atoms. The van der Waals surface area contributed by atoms with E-state index in [1.165, 1.54) is 23.2 Å². The minimum atomic E-state index is -0.972. The summed E-state index contributed by atoms with van der Waals surface area (Å²) in [5, 5.41) is 9.08. The third-order valence-electron chi connectivity index (χ3n) is 3.22. The monoisotopic (exact) mass is 254 g/mol. The maximum absolute atomic E-state index is 13.3. The number of aromatic nitrogens is 1. The zero-order valence-electron chi connectivity index (χ0n) is 10.1. The quantitative estimate of drug-likeness (QED) is 0.897. The first kappa shape index (κ1) is 12.6. The molecule has 6 heteroatoms. The lowest BCUT2D eigenvalue weighted by molar-refractivity contribution is 0.0759. The highest BCUT2D eigenvalue weighted by Crippen LogP contribution is 2.29. The molecule has 1 aromatic rings. The van der Waals surface area contributed by atoms with Crippen molar-refractivity contribution >= 4 is 6.09 Å². The van der Waals surface area contributed by atoms with Crippen LogP contribution in [0.3, 0.4) is 0 Å². The number of halogens is 1. The standard InChI is InChI=1S/C12H15FN2O3/c1-12(5-3-7-15(12)11(16)17)8-18-10-9(13)4-2-6-14-10/h2,4,6H,3,5,7-8H2,1H3,(H,16,17)/t12-/m0/s1. The molecular weight excluding hydrogens is 239 g/mol. The van der Waals surface area contributed by atoms with Crippen LogP contribution in [-0.2, 0) is 0 Å². The van der Waals surface area contributed by atoms with Gasteiger partial charge in [0.05, 0.1) is 5.54 Å². The van der Waals surface area contributed by atoms with Crippen molar-refractivity contribution in [3.8, 4) is 5.88 Å². The van der Waals surface area contributed by atoms with E-state index in [4.69, 9.17) is 9.84 Å². The summed E-state index contributed by atoms with van der Waals surface area (Å²) >= 11 is 0. The SMILES string of the molecule is C[C@@]1(COc2ncccc2F)CCCN1C(=O)O. The van der Waals surface area contributed by atoms with E-state index < -0.39 is 17.4 Å². The third-order valence-corrected chi connectivity index (χ3v) is 3.22. The van der Waals surface area contributed by atoms with Gasteiger partial charge in [-0.05, 0) is 31.9 Å². The van der Waals surface area contributed by atoms with Gasteiger partial charge in [-0.2, -0.15) is 0 Å². The molecule has 18 heavy (non-hydrogen) atoms. The van der Waals surface area contributed by atoms with Crippen molar-refractivity contribution in [3.63, 3.8) is 0 Å². The Morgan fingerprint density at radius 3 is 3.17 bits per heavy atom. The van der Waals surface area contributed by atoms with Crippen LogP contribution in [0.1, 0.15) is 19.8 Å². The molecule has 1 aliphatic rings. The van der Waals surface area contributed by atoms with Crippen LogP contribution in [0.5, 0.6) is 5.88 Å². The van der Waals surface area contributed by atoms with E-state index in [1.54, 1.807) is 6.92 Å². The second kappa shape index (κ2) is 4.80. The van der Waals surface area contributed by atoms with E-state index in [0.29, 0.717) is 13.0 Å². The maximum Gasteiger partial charge on any atom is 0.407 e. The van der Waals surface area contributed by atoms with Gasteiger partial charge in [-0.25, -0.2) is 14.2 Å². The average molecular weight is 254 g/mol. The van der Waals surface area contributed by atoms with Gasteiger partial charge < -0.3 is 9.84 Å². The summed E-state index contributed by atoms with van der Waals surface area (Å²) in [7, 11) is 0. The predicted molar refractivity (Wildman–Crippen MR) is 62.1 cm³/mol. The fourth-order valence-electron chi connectivity index (χ4n) is 2.20. The molecule has 0 radical (unpaired) electrons. The second-order valence-corrected chi connectivity index (χ2v) is 4.61. The Labute approximate surface area is 104 Å². The number of carbonyl (C=O) groups is 1. The fourth-order valence-corrected chi connectivity index (χ4v) is 2.20. The highest BCUT2D eigenvalue weighted by atomic mass is 19.1. The summed E-state index contributed by atoms with van der Waals surface area (Å²) in [6, 6.07) is 2.73. The molecule has 0 spiro atoms. The van der Waals surface area contributed by atoms with E-state index in [0.717, 1.165) is 6.42 Å². The second-order valence-electron chi connectivity index (χ2n) is 4.61. The number of carboxylic acid groups (broad SMARTS) is 1. The molecule has 0 aliphatic carbocycles. The molecule has 0 unspecified atom stereocenters. The Hall–Kier alpha value is -1.85. The van der Waals surface area contributed by atoms with Gasteiger partial charge in [0.1, 0.15) is 6.61 Å². The summed E-state index contributed by atoms with van der Waals surface area (Å²) in [4.78, 5) is 16.2. The number of hydrogen-bond donors (Lipinski definition) is 1. The van der Waals surface area contributed by atoms with Crippen molar-refractivity contribution in [1.82, 2.24) is 9.88 Å². The summed E-state index contributed by atoms with van der Waals surface area (Å²) in [5.41, 5.74) is -0.615. The molecule has 2 heterocycles. The van der Waals surface area contributed by atoms with E-state index in [-0.39, 0.29) is 12.5 Å². The number of hydrogen-bond acceptors (Lipinski definition) is 3. The van der Waals surface area contributed by atoms with Gasteiger partial charge in [-0.3, -0.25) is 4.90 Å². The summed E-state index contributed by atoms with van der Waals surface area (Å²) in [6.45, 7) is 2.39. The number of rotatable bonds is 3. The zero-order valence-corrected chi connectivity index (χ0v) is 10.1. The van der Waals surface area contributed by atoms with Crippen LogP contribution in [0.15, 0.2) is 18.3 Å².